The second-order valence-electron chi connectivity index (χ2n) is 4.14. The SMILES string of the molecule is c1ccc([C@H]2C[C@@H]3CC[C@H]2N3)nc1. The molecule has 0 amide bonds. The van der Waals surface area contributed by atoms with Crippen LogP contribution in [0.15, 0.2) is 24.4 Å². The Morgan fingerprint density at radius 3 is 2.92 bits per heavy atom. The van der Waals surface area contributed by atoms with Gasteiger partial charge in [0, 0.05) is 29.9 Å². The molecule has 0 unspecified atom stereocenters. The normalized spacial score (nSPS) is 36.8. The van der Waals surface area contributed by atoms with Gasteiger partial charge in [0.25, 0.3) is 0 Å². The monoisotopic (exact) mass is 174 g/mol. The van der Waals surface area contributed by atoms with Crippen LogP contribution in [0.5, 0.6) is 0 Å². The van der Waals surface area contributed by atoms with E-state index in [1.807, 2.05) is 12.3 Å². The van der Waals surface area contributed by atoms with E-state index < -0.39 is 0 Å². The van der Waals surface area contributed by atoms with Crippen LogP contribution >= 0.6 is 0 Å². The van der Waals surface area contributed by atoms with Crippen LogP contribution in [0.1, 0.15) is 30.9 Å². The third-order valence-electron chi connectivity index (χ3n) is 3.37. The van der Waals surface area contributed by atoms with Crippen LogP contribution < -0.4 is 5.32 Å². The third kappa shape index (κ3) is 1.17. The Balaban J connectivity index is 1.87. The Labute approximate surface area is 78.4 Å². The van der Waals surface area contributed by atoms with Crippen molar-refractivity contribution in [2.75, 3.05) is 0 Å². The highest BCUT2D eigenvalue weighted by Gasteiger charge is 2.40. The second-order valence-corrected chi connectivity index (χ2v) is 4.14. The van der Waals surface area contributed by atoms with Gasteiger partial charge in [0.2, 0.25) is 0 Å². The van der Waals surface area contributed by atoms with Gasteiger partial charge in [-0.2, -0.15) is 0 Å². The first-order valence-electron chi connectivity index (χ1n) is 5.10. The lowest BCUT2D eigenvalue weighted by Gasteiger charge is -2.18. The first-order valence-corrected chi connectivity index (χ1v) is 5.10. The summed E-state index contributed by atoms with van der Waals surface area (Å²) in [5, 5.41) is 3.64. The zero-order valence-electron chi connectivity index (χ0n) is 7.61. The van der Waals surface area contributed by atoms with Crippen LogP contribution in [0.25, 0.3) is 0 Å². The van der Waals surface area contributed by atoms with E-state index in [2.05, 4.69) is 22.4 Å². The van der Waals surface area contributed by atoms with Crippen molar-refractivity contribution in [2.24, 2.45) is 0 Å². The molecule has 0 radical (unpaired) electrons. The molecule has 2 aliphatic rings. The van der Waals surface area contributed by atoms with Crippen molar-refractivity contribution in [1.29, 1.82) is 0 Å². The van der Waals surface area contributed by atoms with Gasteiger partial charge in [0.05, 0.1) is 0 Å². The van der Waals surface area contributed by atoms with Crippen molar-refractivity contribution in [3.05, 3.63) is 30.1 Å². The van der Waals surface area contributed by atoms with Crippen molar-refractivity contribution < 1.29 is 0 Å². The minimum absolute atomic E-state index is 0.681. The van der Waals surface area contributed by atoms with Crippen LogP contribution in [-0.2, 0) is 0 Å². The third-order valence-corrected chi connectivity index (χ3v) is 3.37. The van der Waals surface area contributed by atoms with E-state index in [9.17, 15) is 0 Å². The molecule has 2 heteroatoms. The van der Waals surface area contributed by atoms with Crippen LogP contribution in [0.2, 0.25) is 0 Å². The van der Waals surface area contributed by atoms with Gasteiger partial charge in [-0.3, -0.25) is 4.98 Å². The predicted molar refractivity (Wildman–Crippen MR) is 51.5 cm³/mol. The number of hydrogen-bond donors (Lipinski definition) is 1. The smallest absolute Gasteiger partial charge is 0.0450 e. The Kier molecular flexibility index (Phi) is 1.62. The standard InChI is InChI=1S/C11H14N2/c1-2-6-12-10(3-1)9-7-8-4-5-11(9)13-8/h1-3,6,8-9,11,13H,4-5,7H2/t8-,9+,11+/m0/s1. The van der Waals surface area contributed by atoms with Crippen LogP contribution in [0.3, 0.4) is 0 Å². The van der Waals surface area contributed by atoms with E-state index in [-0.39, 0.29) is 0 Å². The van der Waals surface area contributed by atoms with Crippen molar-refractivity contribution >= 4 is 0 Å². The molecule has 2 saturated heterocycles. The molecule has 0 aliphatic carbocycles. The number of aromatic nitrogens is 1. The molecule has 3 heterocycles. The fourth-order valence-electron chi connectivity index (χ4n) is 2.75. The molecule has 13 heavy (non-hydrogen) atoms. The van der Waals surface area contributed by atoms with E-state index in [1.165, 1.54) is 25.0 Å². The van der Waals surface area contributed by atoms with E-state index in [4.69, 9.17) is 0 Å². The lowest BCUT2D eigenvalue weighted by Crippen LogP contribution is -2.21. The van der Waals surface area contributed by atoms with Gasteiger partial charge in [0.15, 0.2) is 0 Å². The molecular formula is C11H14N2. The van der Waals surface area contributed by atoms with Gasteiger partial charge < -0.3 is 5.32 Å². The molecule has 0 saturated carbocycles. The molecule has 0 spiro atoms. The van der Waals surface area contributed by atoms with E-state index >= 15 is 0 Å². The average molecular weight is 174 g/mol. The first-order chi connectivity index (χ1) is 6.43. The highest BCUT2D eigenvalue weighted by molar-refractivity contribution is 5.17. The van der Waals surface area contributed by atoms with Crippen molar-refractivity contribution in [1.82, 2.24) is 10.3 Å². The number of pyridine rings is 1. The van der Waals surface area contributed by atoms with Crippen molar-refractivity contribution in [3.63, 3.8) is 0 Å². The molecule has 2 bridgehead atoms. The fourth-order valence-corrected chi connectivity index (χ4v) is 2.75. The van der Waals surface area contributed by atoms with Crippen LogP contribution in [0, 0.1) is 0 Å². The number of hydrogen-bond acceptors (Lipinski definition) is 2. The van der Waals surface area contributed by atoms with Gasteiger partial charge in [-0.05, 0) is 31.4 Å². The first kappa shape index (κ1) is 7.51. The molecule has 2 fully saturated rings. The lowest BCUT2D eigenvalue weighted by atomic mass is 9.86. The van der Waals surface area contributed by atoms with Gasteiger partial charge in [0.1, 0.15) is 0 Å². The van der Waals surface area contributed by atoms with Crippen molar-refractivity contribution in [3.8, 4) is 0 Å². The molecule has 3 rings (SSSR count). The maximum absolute atomic E-state index is 4.44. The Bertz CT molecular complexity index is 296. The number of nitrogens with one attached hydrogen (secondary N) is 1. The highest BCUT2D eigenvalue weighted by Crippen LogP contribution is 2.38. The molecule has 1 N–H and O–H groups in total. The van der Waals surface area contributed by atoms with E-state index in [0.717, 1.165) is 6.04 Å². The number of rotatable bonds is 1. The maximum Gasteiger partial charge on any atom is 0.0450 e. The summed E-state index contributed by atoms with van der Waals surface area (Å²) < 4.78 is 0. The number of fused-ring (bicyclic) bond motifs is 2. The summed E-state index contributed by atoms with van der Waals surface area (Å²) in [5.41, 5.74) is 1.28. The zero-order valence-corrected chi connectivity index (χ0v) is 7.61. The molecule has 1 aromatic rings. The average Bonchev–Trinajstić information content (AvgIpc) is 2.80. The second kappa shape index (κ2) is 2.81. The molecule has 0 aromatic carbocycles. The van der Waals surface area contributed by atoms with Gasteiger partial charge in [-0.15, -0.1) is 0 Å². The number of nitrogens with zero attached hydrogens (tertiary/aromatic N) is 1. The largest absolute Gasteiger partial charge is 0.311 e. The van der Waals surface area contributed by atoms with Crippen LogP contribution in [0.4, 0.5) is 0 Å². The van der Waals surface area contributed by atoms with E-state index in [1.54, 1.807) is 0 Å². The van der Waals surface area contributed by atoms with Gasteiger partial charge >= 0.3 is 0 Å². The Morgan fingerprint density at radius 2 is 2.31 bits per heavy atom. The summed E-state index contributed by atoms with van der Waals surface area (Å²) in [7, 11) is 0. The minimum atomic E-state index is 0.681. The molecule has 1 aromatic heterocycles. The van der Waals surface area contributed by atoms with Gasteiger partial charge in [-0.1, -0.05) is 6.07 Å². The molecular weight excluding hydrogens is 160 g/mol. The summed E-state index contributed by atoms with van der Waals surface area (Å²) in [5.74, 6) is 0.681. The molecule has 2 aliphatic heterocycles. The topological polar surface area (TPSA) is 24.9 Å². The maximum atomic E-state index is 4.44. The summed E-state index contributed by atoms with van der Waals surface area (Å²) in [6, 6.07) is 7.72. The van der Waals surface area contributed by atoms with E-state index in [0.29, 0.717) is 12.0 Å². The fraction of sp³-hybridized carbons (Fsp3) is 0.545. The summed E-state index contributed by atoms with van der Waals surface area (Å²) in [6.07, 6.45) is 5.91. The summed E-state index contributed by atoms with van der Waals surface area (Å²) >= 11 is 0. The quantitative estimate of drug-likeness (QED) is 0.700. The lowest BCUT2D eigenvalue weighted by molar-refractivity contribution is 0.497. The zero-order chi connectivity index (χ0) is 8.67. The molecule has 68 valence electrons. The molecule has 3 atom stereocenters. The molecule has 2 nitrogen and oxygen atoms in total. The summed E-state index contributed by atoms with van der Waals surface area (Å²) in [4.78, 5) is 4.44. The Morgan fingerprint density at radius 1 is 1.31 bits per heavy atom. The predicted octanol–water partition coefficient (Wildman–Crippen LogP) is 1.69. The minimum Gasteiger partial charge on any atom is -0.311 e. The Hall–Kier alpha value is -0.890. The van der Waals surface area contributed by atoms with Gasteiger partial charge in [-0.25, -0.2) is 0 Å². The van der Waals surface area contributed by atoms with Crippen molar-refractivity contribution in [2.45, 2.75) is 37.3 Å². The van der Waals surface area contributed by atoms with Crippen LogP contribution in [-0.4, -0.2) is 17.1 Å². The highest BCUT2D eigenvalue weighted by atomic mass is 15.0. The summed E-state index contributed by atoms with van der Waals surface area (Å²) in [6.45, 7) is 0.